The zero-order valence-corrected chi connectivity index (χ0v) is 24.7. The summed E-state index contributed by atoms with van der Waals surface area (Å²) in [5.41, 5.74) is 27.7. The second kappa shape index (κ2) is 15.1. The molecule has 0 aliphatic heterocycles. The third-order valence-corrected chi connectivity index (χ3v) is 6.01. The van der Waals surface area contributed by atoms with E-state index in [0.29, 0.717) is 45.2 Å². The highest BCUT2D eigenvalue weighted by Crippen LogP contribution is 2.20. The molecule has 0 fully saturated rings. The number of rotatable bonds is 10. The van der Waals surface area contributed by atoms with Crippen molar-refractivity contribution < 1.29 is 9.59 Å². The van der Waals surface area contributed by atoms with Crippen LogP contribution in [0.3, 0.4) is 0 Å². The lowest BCUT2D eigenvalue weighted by Crippen LogP contribution is -2.27. The Labute approximate surface area is 258 Å². The van der Waals surface area contributed by atoms with Gasteiger partial charge >= 0.3 is 0 Å². The lowest BCUT2D eigenvalue weighted by atomic mass is 10.0. The number of nitrogens with one attached hydrogen (secondary N) is 8. The molecule has 45 heavy (non-hydrogen) atoms. The van der Waals surface area contributed by atoms with Gasteiger partial charge in [0.25, 0.3) is 11.8 Å². The van der Waals surface area contributed by atoms with Crippen LogP contribution in [-0.4, -0.2) is 46.8 Å². The zero-order chi connectivity index (χ0) is 33.1. The number of carbonyl (C=O) groups excluding carboxylic acids is 2. The molecule has 0 bridgehead atoms. The van der Waals surface area contributed by atoms with Crippen molar-refractivity contribution in [2.75, 3.05) is 10.6 Å². The Bertz CT molecular complexity index is 1690. The predicted molar refractivity (Wildman–Crippen MR) is 177 cm³/mol. The molecule has 16 heteroatoms. The summed E-state index contributed by atoms with van der Waals surface area (Å²) in [6.45, 7) is 5.08. The summed E-state index contributed by atoms with van der Waals surface area (Å²) >= 11 is 0. The van der Waals surface area contributed by atoms with Crippen LogP contribution >= 0.6 is 0 Å². The van der Waals surface area contributed by atoms with Gasteiger partial charge in [-0.15, -0.1) is 0 Å². The molecule has 3 rings (SSSR count). The van der Waals surface area contributed by atoms with Gasteiger partial charge in [-0.3, -0.25) is 25.8 Å². The first kappa shape index (κ1) is 32.9. The first-order valence-electron chi connectivity index (χ1n) is 13.2. The van der Waals surface area contributed by atoms with Gasteiger partial charge in [0.05, 0.1) is 22.8 Å². The average Bonchev–Trinajstić information content (AvgIpc) is 3.01. The van der Waals surface area contributed by atoms with Crippen LogP contribution in [0.25, 0.3) is 0 Å². The fraction of sp³-hybridized carbons (Fsp3) is 0.103. The topological polar surface area (TPSA) is 281 Å². The fourth-order valence-corrected chi connectivity index (χ4v) is 3.85. The van der Waals surface area contributed by atoms with E-state index >= 15 is 0 Å². The number of guanidine groups is 3. The summed E-state index contributed by atoms with van der Waals surface area (Å²) in [6, 6.07) is 18.3. The Morgan fingerprint density at radius 1 is 0.578 bits per heavy atom. The smallest absolute Gasteiger partial charge is 0.255 e. The standard InChI is InChI=1S/C29H34N14O2/c1-15(38-41-27(30)31)20-12-21(16(2)39-42-28(32)33)14-22(13-20)36-25(44)18-7-6-8-19(11-18)26(45)37-24-10-5-4-9-23(24)17(3)40-43-29(34)35/h4-14H,1-3H3,(H,36,44)(H,37,45)(H4,30,31,41)(H4,32,33,42)(H4,34,35,43)/b38-15-,39-16-,40-17+. The molecule has 0 aliphatic carbocycles. The minimum Gasteiger partial charge on any atom is -0.369 e. The molecule has 0 aliphatic rings. The van der Waals surface area contributed by atoms with Crippen molar-refractivity contribution in [2.24, 2.45) is 32.5 Å². The first-order valence-corrected chi connectivity index (χ1v) is 13.2. The Kier molecular flexibility index (Phi) is 11.0. The first-order chi connectivity index (χ1) is 21.3. The van der Waals surface area contributed by atoms with Crippen molar-refractivity contribution in [1.29, 1.82) is 16.2 Å². The molecule has 0 aromatic heterocycles. The van der Waals surface area contributed by atoms with Gasteiger partial charge in [-0.25, -0.2) is 16.3 Å². The van der Waals surface area contributed by atoms with Gasteiger partial charge in [0.1, 0.15) is 0 Å². The van der Waals surface area contributed by atoms with Crippen molar-refractivity contribution >= 4 is 58.2 Å². The van der Waals surface area contributed by atoms with Gasteiger partial charge in [-0.05, 0) is 63.2 Å². The van der Waals surface area contributed by atoms with E-state index in [0.717, 1.165) is 0 Å². The maximum absolute atomic E-state index is 13.3. The summed E-state index contributed by atoms with van der Waals surface area (Å²) < 4.78 is 0. The number of carbonyl (C=O) groups is 2. The number of benzene rings is 3. The predicted octanol–water partition coefficient (Wildman–Crippen LogP) is 1.81. The highest BCUT2D eigenvalue weighted by atomic mass is 16.2. The molecule has 0 atom stereocenters. The summed E-state index contributed by atoms with van der Waals surface area (Å²) in [6.07, 6.45) is 0. The Morgan fingerprint density at radius 3 is 1.53 bits per heavy atom. The van der Waals surface area contributed by atoms with Crippen molar-refractivity contribution in [1.82, 2.24) is 16.3 Å². The monoisotopic (exact) mass is 610 g/mol. The van der Waals surface area contributed by atoms with Crippen molar-refractivity contribution in [3.8, 4) is 0 Å². The SMILES string of the molecule is C/C(=N/NC(=N)N)c1cc(NC(=O)c2cccc(C(=O)Nc3ccccc3/C(C)=N/NC(=N)N)c2)cc(/C(C)=N\NC(=N)N)c1. The molecule has 2 amide bonds. The van der Waals surface area contributed by atoms with Gasteiger partial charge in [-0.1, -0.05) is 24.3 Å². The number of nitrogens with two attached hydrogens (primary N) is 3. The molecular formula is C29H34N14O2. The van der Waals surface area contributed by atoms with Crippen LogP contribution in [0.2, 0.25) is 0 Å². The molecule has 16 nitrogen and oxygen atoms in total. The van der Waals surface area contributed by atoms with Crippen LogP contribution in [0.15, 0.2) is 82.0 Å². The van der Waals surface area contributed by atoms with Gasteiger partial charge in [-0.2, -0.15) is 15.3 Å². The van der Waals surface area contributed by atoms with Crippen molar-refractivity contribution in [3.05, 3.63) is 94.5 Å². The molecule has 232 valence electrons. The third kappa shape index (κ3) is 9.74. The van der Waals surface area contributed by atoms with Gasteiger partial charge in [0.15, 0.2) is 0 Å². The van der Waals surface area contributed by atoms with Crippen LogP contribution in [0.1, 0.15) is 58.2 Å². The van der Waals surface area contributed by atoms with Crippen molar-refractivity contribution in [2.45, 2.75) is 20.8 Å². The van der Waals surface area contributed by atoms with E-state index in [9.17, 15) is 9.59 Å². The molecule has 14 N–H and O–H groups in total. The number of para-hydroxylation sites is 1. The molecule has 0 spiro atoms. The van der Waals surface area contributed by atoms with Crippen LogP contribution in [0, 0.1) is 16.2 Å². The molecule has 0 saturated carbocycles. The molecule has 3 aromatic carbocycles. The maximum Gasteiger partial charge on any atom is 0.255 e. The van der Waals surface area contributed by atoms with Crippen LogP contribution in [0.4, 0.5) is 11.4 Å². The number of amides is 2. The van der Waals surface area contributed by atoms with E-state index in [4.69, 9.17) is 33.4 Å². The fourth-order valence-electron chi connectivity index (χ4n) is 3.85. The van der Waals surface area contributed by atoms with E-state index in [1.165, 1.54) is 6.07 Å². The summed E-state index contributed by atoms with van der Waals surface area (Å²) in [5, 5.41) is 39.9. The molecule has 0 unspecified atom stereocenters. The number of hydrogen-bond acceptors (Lipinski definition) is 8. The normalized spacial score (nSPS) is 11.7. The summed E-state index contributed by atoms with van der Waals surface area (Å²) in [7, 11) is 0. The number of nitrogens with zero attached hydrogens (tertiary/aromatic N) is 3. The van der Waals surface area contributed by atoms with E-state index < -0.39 is 11.8 Å². The average molecular weight is 611 g/mol. The van der Waals surface area contributed by atoms with Crippen LogP contribution in [0.5, 0.6) is 0 Å². The van der Waals surface area contributed by atoms with Crippen molar-refractivity contribution in [3.63, 3.8) is 0 Å². The Balaban J connectivity index is 1.88. The van der Waals surface area contributed by atoms with E-state index in [1.807, 2.05) is 0 Å². The summed E-state index contributed by atoms with van der Waals surface area (Å²) in [5.74, 6) is -1.95. The van der Waals surface area contributed by atoms with Crippen LogP contribution in [-0.2, 0) is 0 Å². The highest BCUT2D eigenvalue weighted by molar-refractivity contribution is 6.12. The van der Waals surface area contributed by atoms with Crippen LogP contribution < -0.4 is 44.1 Å². The van der Waals surface area contributed by atoms with Gasteiger partial charge in [0, 0.05) is 33.5 Å². The quantitative estimate of drug-likeness (QED) is 0.0912. The maximum atomic E-state index is 13.3. The van der Waals surface area contributed by atoms with E-state index in [1.54, 1.807) is 81.4 Å². The Morgan fingerprint density at radius 2 is 1.02 bits per heavy atom. The highest BCUT2D eigenvalue weighted by Gasteiger charge is 2.15. The number of hydrazone groups is 3. The van der Waals surface area contributed by atoms with E-state index in [-0.39, 0.29) is 29.0 Å². The molecule has 0 heterocycles. The molecule has 0 saturated heterocycles. The molecular weight excluding hydrogens is 576 g/mol. The minimum atomic E-state index is -0.487. The number of anilines is 2. The number of hydrogen-bond donors (Lipinski definition) is 11. The molecule has 3 aromatic rings. The molecule has 0 radical (unpaired) electrons. The third-order valence-electron chi connectivity index (χ3n) is 6.01. The lowest BCUT2D eigenvalue weighted by molar-refractivity contribution is 0.102. The lowest BCUT2D eigenvalue weighted by Gasteiger charge is -2.13. The largest absolute Gasteiger partial charge is 0.369 e. The Hall–Kier alpha value is -6.58. The minimum absolute atomic E-state index is 0.221. The second-order valence-electron chi connectivity index (χ2n) is 9.50. The summed E-state index contributed by atoms with van der Waals surface area (Å²) in [4.78, 5) is 26.6. The van der Waals surface area contributed by atoms with Gasteiger partial charge < -0.3 is 27.8 Å². The van der Waals surface area contributed by atoms with Gasteiger partial charge in [0.2, 0.25) is 17.9 Å². The second-order valence-corrected chi connectivity index (χ2v) is 9.50. The van der Waals surface area contributed by atoms with E-state index in [2.05, 4.69) is 42.2 Å². The zero-order valence-electron chi connectivity index (χ0n) is 24.7.